The van der Waals surface area contributed by atoms with Crippen molar-refractivity contribution in [2.24, 2.45) is 0 Å². The Bertz CT molecular complexity index is 1650. The fourth-order valence-electron chi connectivity index (χ4n) is 4.44. The lowest BCUT2D eigenvalue weighted by molar-refractivity contribution is -0.139. The second kappa shape index (κ2) is 21.8. The summed E-state index contributed by atoms with van der Waals surface area (Å²) in [6.07, 6.45) is 0. The van der Waals surface area contributed by atoms with E-state index in [4.69, 9.17) is 48.5 Å². The predicted octanol–water partition coefficient (Wildman–Crippen LogP) is 6.00. The monoisotopic (exact) mass is 698 g/mol. The molecule has 4 aromatic rings. The molecule has 0 radical (unpaired) electrons. The first-order valence-electron chi connectivity index (χ1n) is 15.5. The number of rotatable bonds is 11. The molecule has 0 fully saturated rings. The minimum absolute atomic E-state index is 0.0725. The second-order valence-electron chi connectivity index (χ2n) is 11.0. The topological polar surface area (TPSA) is 174 Å². The van der Waals surface area contributed by atoms with Crippen molar-refractivity contribution in [3.05, 3.63) is 98.5 Å². The molecule has 12 nitrogen and oxygen atoms in total. The van der Waals surface area contributed by atoms with Crippen LogP contribution in [0.4, 0.5) is 0 Å². The Morgan fingerprint density at radius 2 is 1.22 bits per heavy atom. The molecule has 0 atom stereocenters. The van der Waals surface area contributed by atoms with Crippen LogP contribution in [0.3, 0.4) is 0 Å². The molecule has 1 aromatic heterocycles. The molecular weight excluding hydrogens is 648 g/mol. The molecule has 0 saturated carbocycles. The Morgan fingerprint density at radius 1 is 0.660 bits per heavy atom. The lowest BCUT2D eigenvalue weighted by Gasteiger charge is -2.12. The number of carbonyl (C=O) groups is 2. The Morgan fingerprint density at radius 3 is 1.70 bits per heavy atom. The summed E-state index contributed by atoms with van der Waals surface area (Å²) in [6.45, 7) is 13.2. The molecule has 0 aliphatic heterocycles. The van der Waals surface area contributed by atoms with Crippen molar-refractivity contribution in [3.63, 3.8) is 0 Å². The van der Waals surface area contributed by atoms with Crippen LogP contribution in [0.25, 0.3) is 0 Å². The molecule has 274 valence electrons. The van der Waals surface area contributed by atoms with Gasteiger partial charge in [0.25, 0.3) is 6.47 Å². The summed E-state index contributed by atoms with van der Waals surface area (Å²) in [6, 6.07) is 12.7. The van der Waals surface area contributed by atoms with E-state index < -0.39 is 12.6 Å². The van der Waals surface area contributed by atoms with Crippen LogP contribution in [-0.2, 0) is 29.4 Å². The van der Waals surface area contributed by atoms with Gasteiger partial charge in [-0.3, -0.25) is 4.79 Å². The van der Waals surface area contributed by atoms with E-state index in [1.807, 2.05) is 71.9 Å². The summed E-state index contributed by atoms with van der Waals surface area (Å²) in [5.74, 6) is 3.46. The Balaban J connectivity index is 0.000000338. The van der Waals surface area contributed by atoms with Crippen molar-refractivity contribution < 1.29 is 58.1 Å². The van der Waals surface area contributed by atoms with Crippen LogP contribution in [0, 0.1) is 48.5 Å². The highest BCUT2D eigenvalue weighted by Crippen LogP contribution is 2.29. The molecule has 0 unspecified atom stereocenters. The predicted molar refractivity (Wildman–Crippen MR) is 188 cm³/mol. The highest BCUT2D eigenvalue weighted by atomic mass is 16.5. The maximum atomic E-state index is 10.3. The van der Waals surface area contributed by atoms with Gasteiger partial charge in [0, 0.05) is 11.6 Å². The van der Waals surface area contributed by atoms with Crippen molar-refractivity contribution >= 4 is 12.4 Å². The number of aryl methyl sites for hydroxylation is 4. The minimum Gasteiger partial charge on any atom is -0.497 e. The third-order valence-corrected chi connectivity index (χ3v) is 7.74. The lowest BCUT2D eigenvalue weighted by Crippen LogP contribution is -2.10. The van der Waals surface area contributed by atoms with Gasteiger partial charge in [-0.15, -0.1) is 0 Å². The van der Waals surface area contributed by atoms with E-state index in [0.29, 0.717) is 35.0 Å². The van der Waals surface area contributed by atoms with E-state index in [1.54, 1.807) is 33.3 Å². The van der Waals surface area contributed by atoms with Crippen LogP contribution in [0.15, 0.2) is 46.9 Å². The summed E-state index contributed by atoms with van der Waals surface area (Å²) >= 11 is 0. The van der Waals surface area contributed by atoms with Gasteiger partial charge in [-0.1, -0.05) is 6.07 Å². The van der Waals surface area contributed by atoms with E-state index in [2.05, 4.69) is 0 Å². The van der Waals surface area contributed by atoms with Crippen molar-refractivity contribution in [1.82, 2.24) is 0 Å². The first-order valence-corrected chi connectivity index (χ1v) is 15.5. The van der Waals surface area contributed by atoms with Crippen molar-refractivity contribution in [2.45, 2.75) is 68.3 Å². The third-order valence-electron chi connectivity index (χ3n) is 7.74. The second-order valence-corrected chi connectivity index (χ2v) is 11.0. The van der Waals surface area contributed by atoms with Gasteiger partial charge in [-0.25, -0.2) is 4.79 Å². The molecule has 12 heteroatoms. The van der Waals surface area contributed by atoms with E-state index in [0.717, 1.165) is 56.2 Å². The van der Waals surface area contributed by atoms with E-state index >= 15 is 0 Å². The zero-order chi connectivity index (χ0) is 38.0. The number of aliphatic hydroxyl groups excluding tert-OH is 3. The maximum Gasteiger partial charge on any atom is 0.341 e. The summed E-state index contributed by atoms with van der Waals surface area (Å²) in [5, 5.41) is 35.5. The SMILES string of the molecule is COc1cc(C)c(C)c(CO)c1.COc1cc(OCC(=O)O)cc(CO)c1C.COc1ccc(C)c(CO)c1.Cc1oc(C)c(OC=O)c1C. The lowest BCUT2D eigenvalue weighted by atomic mass is 10.0. The van der Waals surface area contributed by atoms with Crippen LogP contribution in [0.2, 0.25) is 0 Å². The molecule has 0 amide bonds. The number of carbonyl (C=O) groups excluding carboxylic acids is 1. The standard InChI is InChI=1S/C11H14O5.C10H14O2.C9H12O2.C8H10O3/c1-7-8(5-12)3-9(4-10(7)15-2)16-6-11(13)14;1-7-4-10(12-3)5-9(6-11)8(7)2;1-7-3-4-9(11-2)5-8(7)6-10;1-5-6(2)11-7(3)8(5)10-4-9/h3-4,12H,5-6H2,1-2H3,(H,13,14);4-5,11H,6H2,1-3H3;3-5,10H,6H2,1-2H3;4H,1-3H3. The van der Waals surface area contributed by atoms with Crippen LogP contribution < -0.4 is 23.7 Å². The molecular formula is C38H50O12. The molecule has 0 aliphatic carbocycles. The Hall–Kier alpha value is -5.04. The number of aliphatic hydroxyl groups is 3. The molecule has 50 heavy (non-hydrogen) atoms. The average Bonchev–Trinajstić information content (AvgIpc) is 3.35. The van der Waals surface area contributed by atoms with E-state index in [1.165, 1.54) is 7.11 Å². The molecule has 0 saturated heterocycles. The van der Waals surface area contributed by atoms with Crippen LogP contribution in [0.5, 0.6) is 28.7 Å². The maximum absolute atomic E-state index is 10.3. The number of benzene rings is 3. The Kier molecular flexibility index (Phi) is 18.8. The largest absolute Gasteiger partial charge is 0.497 e. The first kappa shape index (κ1) is 43.0. The number of aliphatic carboxylic acids is 1. The average molecular weight is 699 g/mol. The summed E-state index contributed by atoms with van der Waals surface area (Å²) < 4.78 is 30.1. The number of hydrogen-bond donors (Lipinski definition) is 4. The molecule has 1 heterocycles. The molecule has 4 N–H and O–H groups in total. The van der Waals surface area contributed by atoms with Gasteiger partial charge in [0.2, 0.25) is 0 Å². The number of carboxylic acids is 1. The molecule has 0 spiro atoms. The smallest absolute Gasteiger partial charge is 0.341 e. The summed E-state index contributed by atoms with van der Waals surface area (Å²) in [7, 11) is 4.75. The van der Waals surface area contributed by atoms with Gasteiger partial charge in [-0.05, 0) is 118 Å². The van der Waals surface area contributed by atoms with Gasteiger partial charge in [-0.2, -0.15) is 0 Å². The zero-order valence-electron chi connectivity index (χ0n) is 30.5. The highest BCUT2D eigenvalue weighted by Gasteiger charge is 2.12. The number of methoxy groups -OCH3 is 3. The number of carboxylic acid groups (broad SMARTS) is 1. The van der Waals surface area contributed by atoms with Gasteiger partial charge in [0.1, 0.15) is 34.5 Å². The van der Waals surface area contributed by atoms with Crippen LogP contribution >= 0.6 is 0 Å². The van der Waals surface area contributed by atoms with Crippen LogP contribution in [0.1, 0.15) is 56.0 Å². The van der Waals surface area contributed by atoms with Gasteiger partial charge < -0.3 is 48.5 Å². The fraction of sp³-hybridized carbons (Fsp3) is 0.368. The van der Waals surface area contributed by atoms with E-state index in [-0.39, 0.29) is 19.8 Å². The fourth-order valence-corrected chi connectivity index (χ4v) is 4.44. The van der Waals surface area contributed by atoms with Gasteiger partial charge >= 0.3 is 5.97 Å². The van der Waals surface area contributed by atoms with Crippen LogP contribution in [-0.4, -0.2) is 60.8 Å². The highest BCUT2D eigenvalue weighted by molar-refractivity contribution is 5.68. The molecule has 4 rings (SSSR count). The van der Waals surface area contributed by atoms with Gasteiger partial charge in [0.15, 0.2) is 12.4 Å². The number of furan rings is 1. The number of hydrogen-bond acceptors (Lipinski definition) is 11. The molecule has 0 bridgehead atoms. The summed E-state index contributed by atoms with van der Waals surface area (Å²) in [4.78, 5) is 20.4. The van der Waals surface area contributed by atoms with Gasteiger partial charge in [0.05, 0.1) is 41.2 Å². The first-order chi connectivity index (χ1) is 23.7. The number of ether oxygens (including phenoxy) is 5. The molecule has 3 aromatic carbocycles. The van der Waals surface area contributed by atoms with E-state index in [9.17, 15) is 9.59 Å². The third kappa shape index (κ3) is 13.1. The van der Waals surface area contributed by atoms with Crippen molar-refractivity contribution in [2.75, 3.05) is 27.9 Å². The quantitative estimate of drug-likeness (QED) is 0.135. The zero-order valence-corrected chi connectivity index (χ0v) is 30.5. The normalized spacial score (nSPS) is 9.86. The Labute approximate surface area is 293 Å². The summed E-state index contributed by atoms with van der Waals surface area (Å²) in [5.41, 5.74) is 7.59. The molecule has 0 aliphatic rings. The minimum atomic E-state index is -1.05. The van der Waals surface area contributed by atoms with Crippen molar-refractivity contribution in [3.8, 4) is 28.7 Å². The van der Waals surface area contributed by atoms with Crippen molar-refractivity contribution in [1.29, 1.82) is 0 Å².